The van der Waals surface area contributed by atoms with E-state index in [9.17, 15) is 13.2 Å². The van der Waals surface area contributed by atoms with Gasteiger partial charge in [0.25, 0.3) is 10.0 Å². The van der Waals surface area contributed by atoms with Crippen LogP contribution in [0.5, 0.6) is 0 Å². The molecule has 4 aromatic rings. The summed E-state index contributed by atoms with van der Waals surface area (Å²) in [6.07, 6.45) is 5.06. The molecule has 2 N–H and O–H groups in total. The van der Waals surface area contributed by atoms with E-state index in [2.05, 4.69) is 25.2 Å². The lowest BCUT2D eigenvalue weighted by Gasteiger charge is -2.12. The molecule has 1 aliphatic rings. The van der Waals surface area contributed by atoms with E-state index in [4.69, 9.17) is 4.42 Å². The van der Waals surface area contributed by atoms with Crippen molar-refractivity contribution in [2.24, 2.45) is 4.99 Å². The number of carbonyl (C=O) groups is 1. The van der Waals surface area contributed by atoms with Gasteiger partial charge >= 0.3 is 0 Å². The second-order valence-electron chi connectivity index (χ2n) is 8.96. The number of nitrogens with one attached hydrogen (secondary N) is 2. The third-order valence-electron chi connectivity index (χ3n) is 6.03. The quantitative estimate of drug-likeness (QED) is 0.285. The van der Waals surface area contributed by atoms with Crippen LogP contribution in [0.15, 0.2) is 92.5 Å². The molecule has 0 saturated heterocycles. The number of amidine groups is 1. The van der Waals surface area contributed by atoms with Crippen LogP contribution >= 0.6 is 11.8 Å². The Bertz CT molecular complexity index is 1550. The summed E-state index contributed by atoms with van der Waals surface area (Å²) < 4.78 is 35.9. The van der Waals surface area contributed by atoms with Gasteiger partial charge in [-0.1, -0.05) is 54.6 Å². The maximum absolute atomic E-state index is 12.9. The number of sulfonamides is 1. The molecule has 0 radical (unpaired) electrons. The van der Waals surface area contributed by atoms with Crippen LogP contribution < -0.4 is 10.0 Å². The van der Waals surface area contributed by atoms with Crippen molar-refractivity contribution in [3.63, 3.8) is 0 Å². The summed E-state index contributed by atoms with van der Waals surface area (Å²) in [5.41, 5.74) is 1.44. The number of hydrogen-bond donors (Lipinski definition) is 2. The highest BCUT2D eigenvalue weighted by Crippen LogP contribution is 2.26. The molecule has 0 spiro atoms. The topological polar surface area (TPSA) is 131 Å². The molecule has 3 heterocycles. The number of benzene rings is 2. The van der Waals surface area contributed by atoms with Gasteiger partial charge in [0.15, 0.2) is 10.9 Å². The Morgan fingerprint density at radius 2 is 1.87 bits per heavy atom. The van der Waals surface area contributed by atoms with Crippen molar-refractivity contribution in [2.45, 2.75) is 42.3 Å². The molecule has 2 aromatic carbocycles. The van der Waals surface area contributed by atoms with E-state index < -0.39 is 10.0 Å². The number of hydrogen-bond acceptors (Lipinski definition) is 8. The lowest BCUT2D eigenvalue weighted by molar-refractivity contribution is -0.113. The average Bonchev–Trinajstić information content (AvgIpc) is 3.53. The van der Waals surface area contributed by atoms with Gasteiger partial charge in [0.1, 0.15) is 5.84 Å². The molecule has 2 aromatic heterocycles. The van der Waals surface area contributed by atoms with Crippen molar-refractivity contribution >= 4 is 39.2 Å². The minimum absolute atomic E-state index is 0.0527. The third-order valence-corrected chi connectivity index (χ3v) is 8.37. The maximum atomic E-state index is 12.9. The molecule has 39 heavy (non-hydrogen) atoms. The number of furan rings is 1. The summed E-state index contributed by atoms with van der Waals surface area (Å²) in [5, 5.41) is 11.9. The predicted octanol–water partition coefficient (Wildman–Crippen LogP) is 4.57. The molecule has 1 amide bonds. The van der Waals surface area contributed by atoms with Crippen molar-refractivity contribution in [1.29, 1.82) is 0 Å². The zero-order valence-corrected chi connectivity index (χ0v) is 22.7. The molecule has 10 nitrogen and oxygen atoms in total. The van der Waals surface area contributed by atoms with Gasteiger partial charge in [0, 0.05) is 18.7 Å². The summed E-state index contributed by atoms with van der Waals surface area (Å²) in [6.45, 7) is 1.12. The highest BCUT2D eigenvalue weighted by atomic mass is 32.2. The Balaban J connectivity index is 1.26. The second kappa shape index (κ2) is 12.3. The van der Waals surface area contributed by atoms with E-state index in [0.717, 1.165) is 24.8 Å². The molecular formula is C27H28N6O4S2. The Morgan fingerprint density at radius 3 is 2.69 bits per heavy atom. The van der Waals surface area contributed by atoms with Gasteiger partial charge < -0.3 is 9.73 Å². The first-order valence-electron chi connectivity index (χ1n) is 12.6. The smallest absolute Gasteiger partial charge is 0.262 e. The molecule has 12 heteroatoms. The Kier molecular flexibility index (Phi) is 8.42. The molecule has 0 unspecified atom stereocenters. The first-order valence-corrected chi connectivity index (χ1v) is 15.0. The van der Waals surface area contributed by atoms with E-state index in [1.807, 2.05) is 41.0 Å². The number of aromatic nitrogens is 3. The maximum Gasteiger partial charge on any atom is 0.262 e. The number of anilines is 1. The van der Waals surface area contributed by atoms with Gasteiger partial charge in [-0.05, 0) is 48.7 Å². The molecule has 0 atom stereocenters. The van der Waals surface area contributed by atoms with Crippen molar-refractivity contribution in [2.75, 3.05) is 17.6 Å². The molecule has 1 aliphatic heterocycles. The number of nitrogens with zero attached hydrogens (tertiary/aromatic N) is 4. The van der Waals surface area contributed by atoms with Gasteiger partial charge in [0.05, 0.1) is 23.5 Å². The zero-order chi connectivity index (χ0) is 27.1. The highest BCUT2D eigenvalue weighted by Gasteiger charge is 2.20. The summed E-state index contributed by atoms with van der Waals surface area (Å²) in [4.78, 5) is 17.2. The Morgan fingerprint density at radius 1 is 1.00 bits per heavy atom. The molecule has 0 bridgehead atoms. The minimum atomic E-state index is -3.81. The SMILES string of the molecule is O=C(CSc1nnc(-c2ccco2)n1Cc1ccccc1)Nc1cccc(S(=O)(=O)NC2=NCCCCC2)c1. The summed E-state index contributed by atoms with van der Waals surface area (Å²) >= 11 is 1.24. The first kappa shape index (κ1) is 26.7. The van der Waals surface area contributed by atoms with E-state index in [1.54, 1.807) is 24.5 Å². The summed E-state index contributed by atoms with van der Waals surface area (Å²) in [6, 6.07) is 19.6. The van der Waals surface area contributed by atoms with Crippen molar-refractivity contribution in [3.05, 3.63) is 78.6 Å². The van der Waals surface area contributed by atoms with E-state index in [0.29, 0.717) is 47.8 Å². The molecule has 0 saturated carbocycles. The average molecular weight is 565 g/mol. The fourth-order valence-electron chi connectivity index (χ4n) is 4.13. The fraction of sp³-hybridized carbons (Fsp3) is 0.259. The van der Waals surface area contributed by atoms with Gasteiger partial charge in [0.2, 0.25) is 11.7 Å². The molecule has 5 rings (SSSR count). The summed E-state index contributed by atoms with van der Waals surface area (Å²) in [5.74, 6) is 1.37. The molecule has 202 valence electrons. The molecule has 0 aliphatic carbocycles. The zero-order valence-electron chi connectivity index (χ0n) is 21.1. The second-order valence-corrected chi connectivity index (χ2v) is 11.6. The van der Waals surface area contributed by atoms with Crippen LogP contribution in [0, 0.1) is 0 Å². The van der Waals surface area contributed by atoms with Crippen LogP contribution in [0.4, 0.5) is 5.69 Å². The normalized spacial score (nSPS) is 13.9. The van der Waals surface area contributed by atoms with Crippen LogP contribution in [0.1, 0.15) is 31.2 Å². The van der Waals surface area contributed by atoms with Crippen LogP contribution in [-0.4, -0.2) is 47.2 Å². The van der Waals surface area contributed by atoms with E-state index >= 15 is 0 Å². The Labute approximate surface area is 231 Å². The number of rotatable bonds is 9. The lowest BCUT2D eigenvalue weighted by Crippen LogP contribution is -2.30. The Hall–Kier alpha value is -3.90. The van der Waals surface area contributed by atoms with E-state index in [-0.39, 0.29) is 16.6 Å². The van der Waals surface area contributed by atoms with Gasteiger partial charge in [-0.3, -0.25) is 19.1 Å². The standard InChI is InChI=1S/C27H28N6O4S2/c34-25(29-21-11-7-12-22(17-21)39(35,36)32-24-14-5-2-6-15-28-24)19-38-27-31-30-26(23-13-8-16-37-23)33(27)18-20-9-3-1-4-10-20/h1,3-4,7-13,16-17H,2,5-6,14-15,18-19H2,(H,28,32)(H,29,34). The van der Waals surface area contributed by atoms with Crippen LogP contribution in [-0.2, 0) is 21.4 Å². The van der Waals surface area contributed by atoms with Crippen LogP contribution in [0.3, 0.4) is 0 Å². The summed E-state index contributed by atoms with van der Waals surface area (Å²) in [7, 11) is -3.81. The monoisotopic (exact) mass is 564 g/mol. The number of carbonyl (C=O) groups excluding carboxylic acids is 1. The fourth-order valence-corrected chi connectivity index (χ4v) is 6.00. The van der Waals surface area contributed by atoms with Crippen LogP contribution in [0.25, 0.3) is 11.6 Å². The van der Waals surface area contributed by atoms with E-state index in [1.165, 1.54) is 23.9 Å². The predicted molar refractivity (Wildman–Crippen MR) is 150 cm³/mol. The van der Waals surface area contributed by atoms with Crippen LogP contribution in [0.2, 0.25) is 0 Å². The van der Waals surface area contributed by atoms with Crippen molar-refractivity contribution < 1.29 is 17.6 Å². The highest BCUT2D eigenvalue weighted by molar-refractivity contribution is 7.99. The third kappa shape index (κ3) is 6.95. The molecule has 0 fully saturated rings. The molecular weight excluding hydrogens is 536 g/mol. The minimum Gasteiger partial charge on any atom is -0.461 e. The number of aliphatic imine (C=N–C) groups is 1. The largest absolute Gasteiger partial charge is 0.461 e. The van der Waals surface area contributed by atoms with Crippen molar-refractivity contribution in [1.82, 2.24) is 19.5 Å². The van der Waals surface area contributed by atoms with Gasteiger partial charge in [-0.25, -0.2) is 8.42 Å². The lowest BCUT2D eigenvalue weighted by atomic mass is 10.2. The van der Waals surface area contributed by atoms with Gasteiger partial charge in [-0.15, -0.1) is 10.2 Å². The number of amides is 1. The first-order chi connectivity index (χ1) is 19.0. The number of thioether (sulfide) groups is 1. The van der Waals surface area contributed by atoms with Gasteiger partial charge in [-0.2, -0.15) is 0 Å². The van der Waals surface area contributed by atoms with Crippen molar-refractivity contribution in [3.8, 4) is 11.6 Å².